The van der Waals surface area contributed by atoms with Crippen molar-refractivity contribution in [3.63, 3.8) is 0 Å². The van der Waals surface area contributed by atoms with Crippen LogP contribution in [0.1, 0.15) is 51.6 Å². The minimum atomic E-state index is -2.51. The van der Waals surface area contributed by atoms with Crippen LogP contribution in [0.25, 0.3) is 54.9 Å². The van der Waals surface area contributed by atoms with E-state index in [0.717, 1.165) is 38.3 Å². The summed E-state index contributed by atoms with van der Waals surface area (Å²) in [7, 11) is 1.88. The van der Waals surface area contributed by atoms with Gasteiger partial charge >= 0.3 is 0 Å². The Bertz CT molecular complexity index is 2040. The van der Waals surface area contributed by atoms with Gasteiger partial charge in [0.1, 0.15) is 7.05 Å². The molecule has 3 heteroatoms. The van der Waals surface area contributed by atoms with E-state index in [1.807, 2.05) is 61.1 Å². The molecule has 0 saturated carbocycles. The number of hydrogen-bond acceptors (Lipinski definition) is 2. The van der Waals surface area contributed by atoms with E-state index in [4.69, 9.17) is 19.0 Å². The number of nitrogens with zero attached hydrogens (tertiary/aromatic N) is 2. The average Bonchev–Trinajstić information content (AvgIpc) is 3.25. The quantitative estimate of drug-likeness (QED) is 0.251. The van der Waals surface area contributed by atoms with Gasteiger partial charge in [0, 0.05) is 32.1 Å². The summed E-state index contributed by atoms with van der Waals surface area (Å²) in [4.78, 5) is 4.76. The molecule has 0 aliphatic carbocycles. The highest BCUT2D eigenvalue weighted by Crippen LogP contribution is 2.42. The van der Waals surface area contributed by atoms with Crippen LogP contribution in [0.3, 0.4) is 0 Å². The number of aryl methyl sites for hydroxylation is 3. The van der Waals surface area contributed by atoms with Crippen LogP contribution in [-0.2, 0) is 7.05 Å². The summed E-state index contributed by atoms with van der Waals surface area (Å²) >= 11 is 0. The third kappa shape index (κ3) is 2.89. The lowest BCUT2D eigenvalue weighted by molar-refractivity contribution is -0.659. The van der Waals surface area contributed by atoms with Gasteiger partial charge in [-0.3, -0.25) is 0 Å². The van der Waals surface area contributed by atoms with Crippen LogP contribution in [0.4, 0.5) is 0 Å². The summed E-state index contributed by atoms with van der Waals surface area (Å²) in [5.41, 5.74) is 4.32. The first-order valence-electron chi connectivity index (χ1n) is 14.8. The summed E-state index contributed by atoms with van der Waals surface area (Å²) in [6.45, 7) is 0.224. The van der Waals surface area contributed by atoms with Crippen molar-refractivity contribution < 1.29 is 18.6 Å². The zero-order chi connectivity index (χ0) is 29.6. The van der Waals surface area contributed by atoms with Crippen molar-refractivity contribution in [3.8, 4) is 11.3 Å². The Morgan fingerprint density at radius 1 is 1.00 bits per heavy atom. The number of fused-ring (bicyclic) bond motifs is 6. The number of aromatic nitrogens is 2. The molecule has 6 rings (SSSR count). The molecule has 0 N–H and O–H groups in total. The highest BCUT2D eigenvalue weighted by atomic mass is 16.3. The lowest BCUT2D eigenvalue weighted by Crippen LogP contribution is -2.31. The second-order valence-electron chi connectivity index (χ2n) is 9.03. The van der Waals surface area contributed by atoms with Gasteiger partial charge < -0.3 is 4.42 Å². The number of benzene rings is 3. The van der Waals surface area contributed by atoms with Crippen molar-refractivity contribution in [3.05, 3.63) is 83.2 Å². The summed E-state index contributed by atoms with van der Waals surface area (Å²) in [5.74, 6) is -1.80. The molecule has 0 aliphatic heterocycles. The highest BCUT2D eigenvalue weighted by Gasteiger charge is 2.26. The molecule has 0 bridgehead atoms. The SMILES string of the molecule is [2H]C([2H])([2H])c1cc2c(oc3nc(C)c4ccccc4c32)c(-c2c3ccc(C([2H])(C)C([2H])([2H])[2H])cc3cc[n+]2C)c1C. The van der Waals surface area contributed by atoms with Gasteiger partial charge in [0.15, 0.2) is 11.8 Å². The van der Waals surface area contributed by atoms with E-state index >= 15 is 0 Å². The van der Waals surface area contributed by atoms with Crippen molar-refractivity contribution in [2.75, 3.05) is 0 Å². The Kier molecular flexibility index (Phi) is 3.16. The predicted octanol–water partition coefficient (Wildman–Crippen LogP) is 7.83. The first-order valence-corrected chi connectivity index (χ1v) is 11.3. The van der Waals surface area contributed by atoms with Crippen LogP contribution in [0, 0.1) is 20.7 Å². The van der Waals surface area contributed by atoms with Crippen LogP contribution in [0.5, 0.6) is 0 Å². The fourth-order valence-electron chi connectivity index (χ4n) is 5.08. The molecule has 0 amide bonds. The molecule has 3 heterocycles. The Morgan fingerprint density at radius 2 is 1.82 bits per heavy atom. The van der Waals surface area contributed by atoms with Crippen molar-refractivity contribution in [2.45, 2.75) is 40.4 Å². The standard InChI is InChI=1S/C31H29N2O/c1-17(2)21-11-12-24-22(16-21)13-14-33(6)29(24)27-19(4)18(3)15-26-28-25-10-8-7-9-23(25)20(5)32-31(28)34-30(26)27/h7-17H,1-6H3/q+1/i1D3,3D3,17D. The molecule has 0 radical (unpaired) electrons. The second kappa shape index (κ2) is 7.39. The fourth-order valence-corrected chi connectivity index (χ4v) is 5.08. The van der Waals surface area contributed by atoms with E-state index in [1.165, 1.54) is 6.92 Å². The summed E-state index contributed by atoms with van der Waals surface area (Å²) in [6, 6.07) is 16.7. The van der Waals surface area contributed by atoms with Crippen LogP contribution in [0.2, 0.25) is 0 Å². The highest BCUT2D eigenvalue weighted by molar-refractivity contribution is 6.21. The summed E-state index contributed by atoms with van der Waals surface area (Å²) in [5, 5.41) is 4.86. The number of rotatable bonds is 2. The van der Waals surface area contributed by atoms with Gasteiger partial charge in [0.2, 0.25) is 11.4 Å². The molecule has 6 aromatic rings. The van der Waals surface area contributed by atoms with Crippen LogP contribution in [-0.4, -0.2) is 4.98 Å². The smallest absolute Gasteiger partial charge is 0.228 e. The molecular weight excluding hydrogens is 416 g/mol. The molecule has 0 spiro atoms. The summed E-state index contributed by atoms with van der Waals surface area (Å²) < 4.78 is 65.8. The number of hydrogen-bond donors (Lipinski definition) is 0. The van der Waals surface area contributed by atoms with Crippen molar-refractivity contribution in [1.82, 2.24) is 4.98 Å². The third-order valence-electron chi connectivity index (χ3n) is 6.88. The zero-order valence-corrected chi connectivity index (χ0v) is 19.6. The minimum Gasteiger partial charge on any atom is -0.437 e. The second-order valence-corrected chi connectivity index (χ2v) is 9.03. The molecule has 34 heavy (non-hydrogen) atoms. The van der Waals surface area contributed by atoms with Gasteiger partial charge in [-0.1, -0.05) is 50.2 Å². The van der Waals surface area contributed by atoms with E-state index in [9.17, 15) is 0 Å². The Labute approximate surface area is 209 Å². The molecule has 3 nitrogen and oxygen atoms in total. The maximum atomic E-state index is 8.59. The average molecular weight is 453 g/mol. The first kappa shape index (κ1) is 14.5. The minimum absolute atomic E-state index is 0.224. The predicted molar refractivity (Wildman–Crippen MR) is 141 cm³/mol. The molecule has 0 saturated heterocycles. The Morgan fingerprint density at radius 3 is 2.62 bits per heavy atom. The summed E-state index contributed by atoms with van der Waals surface area (Å²) in [6.07, 6.45) is 1.85. The number of furan rings is 1. The van der Waals surface area contributed by atoms with E-state index in [2.05, 4.69) is 0 Å². The molecule has 168 valence electrons. The number of pyridine rings is 2. The molecule has 0 fully saturated rings. The third-order valence-corrected chi connectivity index (χ3v) is 6.88. The fraction of sp³-hybridized carbons (Fsp3) is 0.226. The maximum Gasteiger partial charge on any atom is 0.228 e. The first-order chi connectivity index (χ1) is 19.1. The topological polar surface area (TPSA) is 29.9 Å². The normalized spacial score (nSPS) is 17.6. The maximum absolute atomic E-state index is 8.59. The van der Waals surface area contributed by atoms with Gasteiger partial charge in [0.25, 0.3) is 0 Å². The largest absolute Gasteiger partial charge is 0.437 e. The van der Waals surface area contributed by atoms with Gasteiger partial charge in [-0.2, -0.15) is 0 Å². The van der Waals surface area contributed by atoms with Crippen LogP contribution >= 0.6 is 0 Å². The molecule has 3 aromatic heterocycles. The monoisotopic (exact) mass is 452 g/mol. The van der Waals surface area contributed by atoms with Gasteiger partial charge in [0.05, 0.1) is 16.3 Å². The van der Waals surface area contributed by atoms with Gasteiger partial charge in [-0.15, -0.1) is 0 Å². The zero-order valence-electron chi connectivity index (χ0n) is 26.6. The van der Waals surface area contributed by atoms with E-state index < -0.39 is 19.6 Å². The van der Waals surface area contributed by atoms with E-state index in [1.54, 1.807) is 25.1 Å². The lowest BCUT2D eigenvalue weighted by atomic mass is 9.92. The Hall–Kier alpha value is -3.72. The molecule has 3 aromatic carbocycles. The van der Waals surface area contributed by atoms with Crippen molar-refractivity contribution in [1.29, 1.82) is 0 Å². The van der Waals surface area contributed by atoms with Crippen molar-refractivity contribution in [2.24, 2.45) is 7.05 Å². The van der Waals surface area contributed by atoms with E-state index in [0.29, 0.717) is 33.4 Å². The lowest BCUT2D eigenvalue weighted by Gasteiger charge is -2.12. The molecular formula is C31H29N2O+. The van der Waals surface area contributed by atoms with Gasteiger partial charge in [-0.25, -0.2) is 9.55 Å². The molecule has 0 aliphatic rings. The van der Waals surface area contributed by atoms with Crippen molar-refractivity contribution >= 4 is 43.6 Å². The molecule has 1 atom stereocenters. The van der Waals surface area contributed by atoms with Crippen LogP contribution in [0.15, 0.2) is 65.2 Å². The Balaban J connectivity index is 1.77. The van der Waals surface area contributed by atoms with Crippen LogP contribution < -0.4 is 4.57 Å². The van der Waals surface area contributed by atoms with E-state index in [-0.39, 0.29) is 5.56 Å². The van der Waals surface area contributed by atoms with Gasteiger partial charge in [-0.05, 0) is 66.2 Å². The molecule has 1 unspecified atom stereocenters.